The van der Waals surface area contributed by atoms with E-state index in [-0.39, 0.29) is 13.2 Å². The molecule has 0 saturated carbocycles. The molecule has 0 aliphatic rings. The fourth-order valence-corrected chi connectivity index (χ4v) is 1.87. The van der Waals surface area contributed by atoms with Gasteiger partial charge in [0.25, 0.3) is 5.91 Å². The molecule has 7 nitrogen and oxygen atoms in total. The Bertz CT molecular complexity index is 454. The van der Waals surface area contributed by atoms with Crippen molar-refractivity contribution in [2.75, 3.05) is 40.0 Å². The zero-order valence-electron chi connectivity index (χ0n) is 12.9. The minimum Gasteiger partial charge on any atom is -0.493 e. The van der Waals surface area contributed by atoms with Gasteiger partial charge in [-0.05, 0) is 37.2 Å². The summed E-state index contributed by atoms with van der Waals surface area (Å²) in [5.74, 6) is 0.547. The third kappa shape index (κ3) is 7.26. The van der Waals surface area contributed by atoms with Crippen LogP contribution in [0.15, 0.2) is 18.2 Å². The summed E-state index contributed by atoms with van der Waals surface area (Å²) in [6.45, 7) is 3.08. The molecule has 0 heterocycles. The molecule has 1 aromatic carbocycles. The first-order chi connectivity index (χ1) is 10.7. The standard InChI is InChI=1S/C15H25N3O4/c1-21-14-9-12(3-4-13(14)22-11-15(16)20)10-18-6-2-5-17-7-8-19/h3-4,9,17-19H,2,5-8,10-11H2,1H3,(H2,16,20). The molecule has 124 valence electrons. The second-order valence-corrected chi connectivity index (χ2v) is 4.74. The summed E-state index contributed by atoms with van der Waals surface area (Å²) in [5.41, 5.74) is 6.11. The minimum atomic E-state index is -0.525. The highest BCUT2D eigenvalue weighted by atomic mass is 16.5. The molecule has 22 heavy (non-hydrogen) atoms. The van der Waals surface area contributed by atoms with Crippen LogP contribution in [0.2, 0.25) is 0 Å². The summed E-state index contributed by atoms with van der Waals surface area (Å²) in [7, 11) is 1.55. The highest BCUT2D eigenvalue weighted by Crippen LogP contribution is 2.27. The van der Waals surface area contributed by atoms with Crippen LogP contribution in [0.1, 0.15) is 12.0 Å². The van der Waals surface area contributed by atoms with E-state index in [0.717, 1.165) is 25.1 Å². The quantitative estimate of drug-likeness (QED) is 0.392. The number of nitrogens with one attached hydrogen (secondary N) is 2. The first kappa shape index (κ1) is 18.2. The van der Waals surface area contributed by atoms with Crippen LogP contribution in [-0.4, -0.2) is 51.0 Å². The summed E-state index contributed by atoms with van der Waals surface area (Å²) in [6.07, 6.45) is 0.983. The lowest BCUT2D eigenvalue weighted by Crippen LogP contribution is -2.23. The molecule has 0 atom stereocenters. The molecule has 0 bridgehead atoms. The van der Waals surface area contributed by atoms with Crippen molar-refractivity contribution < 1.29 is 19.4 Å². The summed E-state index contributed by atoms with van der Waals surface area (Å²) in [6, 6.07) is 5.55. The predicted octanol–water partition coefficient (Wildman–Crippen LogP) is -0.379. The largest absolute Gasteiger partial charge is 0.493 e. The number of aliphatic hydroxyl groups excluding tert-OH is 1. The van der Waals surface area contributed by atoms with Crippen LogP contribution in [0.5, 0.6) is 11.5 Å². The van der Waals surface area contributed by atoms with Gasteiger partial charge in [-0.2, -0.15) is 0 Å². The molecular weight excluding hydrogens is 286 g/mol. The van der Waals surface area contributed by atoms with Gasteiger partial charge < -0.3 is 30.9 Å². The first-order valence-corrected chi connectivity index (χ1v) is 7.27. The molecule has 7 heteroatoms. The summed E-state index contributed by atoms with van der Waals surface area (Å²) >= 11 is 0. The number of rotatable bonds is 12. The van der Waals surface area contributed by atoms with Gasteiger partial charge in [0, 0.05) is 13.1 Å². The second-order valence-electron chi connectivity index (χ2n) is 4.74. The van der Waals surface area contributed by atoms with E-state index in [1.807, 2.05) is 12.1 Å². The molecule has 1 amide bonds. The molecule has 0 unspecified atom stereocenters. The Kier molecular flexibility index (Phi) is 8.97. The van der Waals surface area contributed by atoms with E-state index in [9.17, 15) is 4.79 Å². The van der Waals surface area contributed by atoms with Crippen LogP contribution in [0.3, 0.4) is 0 Å². The Morgan fingerprint density at radius 1 is 1.23 bits per heavy atom. The van der Waals surface area contributed by atoms with Crippen molar-refractivity contribution in [3.63, 3.8) is 0 Å². The highest BCUT2D eigenvalue weighted by molar-refractivity contribution is 5.75. The van der Waals surface area contributed by atoms with Crippen LogP contribution >= 0.6 is 0 Å². The minimum absolute atomic E-state index is 0.164. The fraction of sp³-hybridized carbons (Fsp3) is 0.533. The monoisotopic (exact) mass is 311 g/mol. The Morgan fingerprint density at radius 3 is 2.68 bits per heavy atom. The van der Waals surface area contributed by atoms with E-state index in [1.165, 1.54) is 0 Å². The van der Waals surface area contributed by atoms with Crippen molar-refractivity contribution in [3.8, 4) is 11.5 Å². The van der Waals surface area contributed by atoms with Gasteiger partial charge >= 0.3 is 0 Å². The maximum atomic E-state index is 10.7. The van der Waals surface area contributed by atoms with Gasteiger partial charge in [0.15, 0.2) is 18.1 Å². The van der Waals surface area contributed by atoms with Gasteiger partial charge in [0.1, 0.15) is 0 Å². The number of aliphatic hydroxyl groups is 1. The number of benzene rings is 1. The summed E-state index contributed by atoms with van der Waals surface area (Å²) in [5, 5.41) is 15.1. The van der Waals surface area contributed by atoms with Crippen LogP contribution in [0.25, 0.3) is 0 Å². The predicted molar refractivity (Wildman–Crippen MR) is 84.0 cm³/mol. The number of hydrogen-bond donors (Lipinski definition) is 4. The Hall–Kier alpha value is -1.83. The number of hydrogen-bond acceptors (Lipinski definition) is 6. The van der Waals surface area contributed by atoms with Crippen molar-refractivity contribution in [1.29, 1.82) is 0 Å². The maximum Gasteiger partial charge on any atom is 0.255 e. The van der Waals surface area contributed by atoms with Crippen molar-refractivity contribution in [1.82, 2.24) is 10.6 Å². The lowest BCUT2D eigenvalue weighted by atomic mass is 10.2. The topological polar surface area (TPSA) is 106 Å². The van der Waals surface area contributed by atoms with Crippen molar-refractivity contribution in [2.24, 2.45) is 5.73 Å². The van der Waals surface area contributed by atoms with E-state index < -0.39 is 5.91 Å². The zero-order chi connectivity index (χ0) is 16.2. The van der Waals surface area contributed by atoms with E-state index in [2.05, 4.69) is 10.6 Å². The molecular formula is C15H25N3O4. The maximum absolute atomic E-state index is 10.7. The van der Waals surface area contributed by atoms with Gasteiger partial charge in [-0.1, -0.05) is 6.07 Å². The summed E-state index contributed by atoms with van der Waals surface area (Å²) < 4.78 is 10.5. The van der Waals surface area contributed by atoms with E-state index in [4.69, 9.17) is 20.3 Å². The summed E-state index contributed by atoms with van der Waals surface area (Å²) in [4.78, 5) is 10.7. The van der Waals surface area contributed by atoms with Crippen LogP contribution in [-0.2, 0) is 11.3 Å². The Balaban J connectivity index is 2.36. The van der Waals surface area contributed by atoms with Crippen molar-refractivity contribution in [3.05, 3.63) is 23.8 Å². The third-order valence-corrected chi connectivity index (χ3v) is 2.92. The SMILES string of the molecule is COc1cc(CNCCCNCCO)ccc1OCC(N)=O. The van der Waals surface area contributed by atoms with E-state index >= 15 is 0 Å². The third-order valence-electron chi connectivity index (χ3n) is 2.92. The molecule has 0 fully saturated rings. The number of carbonyl (C=O) groups excluding carboxylic acids is 1. The number of methoxy groups -OCH3 is 1. The molecule has 0 radical (unpaired) electrons. The lowest BCUT2D eigenvalue weighted by molar-refractivity contribution is -0.119. The molecule has 0 saturated heterocycles. The fourth-order valence-electron chi connectivity index (χ4n) is 1.87. The van der Waals surface area contributed by atoms with Crippen LogP contribution in [0, 0.1) is 0 Å². The molecule has 5 N–H and O–H groups in total. The van der Waals surface area contributed by atoms with Crippen molar-refractivity contribution >= 4 is 5.91 Å². The van der Waals surface area contributed by atoms with Crippen molar-refractivity contribution in [2.45, 2.75) is 13.0 Å². The lowest BCUT2D eigenvalue weighted by Gasteiger charge is -2.12. The molecule has 0 aliphatic heterocycles. The van der Waals surface area contributed by atoms with Gasteiger partial charge in [-0.15, -0.1) is 0 Å². The first-order valence-electron chi connectivity index (χ1n) is 7.27. The normalized spacial score (nSPS) is 10.5. The Morgan fingerprint density at radius 2 is 2.00 bits per heavy atom. The van der Waals surface area contributed by atoms with Gasteiger partial charge in [0.05, 0.1) is 13.7 Å². The zero-order valence-corrected chi connectivity index (χ0v) is 12.9. The molecule has 1 aromatic rings. The number of ether oxygens (including phenoxy) is 2. The van der Waals surface area contributed by atoms with E-state index in [0.29, 0.717) is 24.6 Å². The number of nitrogens with two attached hydrogens (primary N) is 1. The van der Waals surface area contributed by atoms with Gasteiger partial charge in [0.2, 0.25) is 0 Å². The smallest absolute Gasteiger partial charge is 0.255 e. The van der Waals surface area contributed by atoms with Crippen LogP contribution < -0.4 is 25.8 Å². The average Bonchev–Trinajstić information content (AvgIpc) is 2.52. The second kappa shape index (κ2) is 10.8. The number of amides is 1. The number of carbonyl (C=O) groups is 1. The Labute approximate surface area is 130 Å². The molecule has 0 spiro atoms. The highest BCUT2D eigenvalue weighted by Gasteiger charge is 2.07. The van der Waals surface area contributed by atoms with Gasteiger partial charge in [-0.3, -0.25) is 4.79 Å². The van der Waals surface area contributed by atoms with Gasteiger partial charge in [-0.25, -0.2) is 0 Å². The van der Waals surface area contributed by atoms with E-state index in [1.54, 1.807) is 13.2 Å². The molecule has 0 aromatic heterocycles. The average molecular weight is 311 g/mol. The van der Waals surface area contributed by atoms with Crippen LogP contribution in [0.4, 0.5) is 0 Å². The number of primary amides is 1. The molecule has 1 rings (SSSR count). The molecule has 0 aliphatic carbocycles.